The van der Waals surface area contributed by atoms with Gasteiger partial charge in [-0.25, -0.2) is 4.79 Å². The Morgan fingerprint density at radius 2 is 1.61 bits per heavy atom. The minimum Gasteiger partial charge on any atom is -0.494 e. The molecule has 0 N–H and O–H groups in total. The largest absolute Gasteiger partial charge is 0.494 e. The lowest BCUT2D eigenvalue weighted by Crippen LogP contribution is -2.29. The molecule has 0 saturated carbocycles. The molecule has 1 amide bonds. The minimum atomic E-state index is -0.402. The number of rotatable bonds is 9. The number of esters is 1. The van der Waals surface area contributed by atoms with Gasteiger partial charge in [0.25, 0.3) is 5.91 Å². The Hall–Kier alpha value is -5.37. The topological polar surface area (TPSA) is 82.4 Å². The zero-order chi connectivity index (χ0) is 30.6. The summed E-state index contributed by atoms with van der Waals surface area (Å²) in [5.41, 5.74) is 5.01. The summed E-state index contributed by atoms with van der Waals surface area (Å²) in [4.78, 5) is 32.1. The highest BCUT2D eigenvalue weighted by Crippen LogP contribution is 2.31. The van der Waals surface area contributed by atoms with Crippen LogP contribution in [0.4, 0.5) is 5.69 Å². The minimum absolute atomic E-state index is 0.155. The lowest BCUT2D eigenvalue weighted by Gasteiger charge is -2.14. The molecule has 0 unspecified atom stereocenters. The van der Waals surface area contributed by atoms with Crippen LogP contribution in [0.25, 0.3) is 27.9 Å². The number of carbonyl (C=O) groups excluding carboxylic acids is 2. The number of aromatic nitrogens is 1. The third-order valence-corrected chi connectivity index (χ3v) is 7.48. The van der Waals surface area contributed by atoms with Crippen molar-refractivity contribution >= 4 is 51.5 Å². The average molecular weight is 588 g/mol. The monoisotopic (exact) mass is 587 g/mol. The molecule has 1 aromatic heterocycles. The number of fused-ring (bicyclic) bond motifs is 3. The van der Waals surface area contributed by atoms with Gasteiger partial charge in [-0.15, -0.1) is 0 Å². The van der Waals surface area contributed by atoms with Crippen LogP contribution in [-0.2, 0) is 27.4 Å². The van der Waals surface area contributed by atoms with E-state index in [1.807, 2.05) is 49.4 Å². The molecular formula is C36H33N3O5. The van der Waals surface area contributed by atoms with Crippen molar-refractivity contribution < 1.29 is 23.8 Å². The van der Waals surface area contributed by atoms with Crippen LogP contribution >= 0.6 is 0 Å². The van der Waals surface area contributed by atoms with Crippen LogP contribution < -0.4 is 4.74 Å². The molecule has 6 rings (SSSR count). The fourth-order valence-corrected chi connectivity index (χ4v) is 5.42. The predicted octanol–water partition coefficient (Wildman–Crippen LogP) is 7.48. The predicted molar refractivity (Wildman–Crippen MR) is 172 cm³/mol. The van der Waals surface area contributed by atoms with E-state index >= 15 is 0 Å². The molecule has 222 valence electrons. The number of amides is 1. The number of hydrogen-bond acceptors (Lipinski definition) is 6. The average Bonchev–Trinajstić information content (AvgIpc) is 3.51. The van der Waals surface area contributed by atoms with Crippen molar-refractivity contribution in [1.82, 2.24) is 9.47 Å². The summed E-state index contributed by atoms with van der Waals surface area (Å²) in [5, 5.41) is 2.28. The summed E-state index contributed by atoms with van der Waals surface area (Å²) < 4.78 is 19.1. The summed E-state index contributed by atoms with van der Waals surface area (Å²) in [5.74, 6) is 0.241. The van der Waals surface area contributed by atoms with Gasteiger partial charge >= 0.3 is 12.0 Å². The number of hydrogen-bond donors (Lipinski definition) is 0. The van der Waals surface area contributed by atoms with E-state index in [-0.39, 0.29) is 24.2 Å². The molecule has 4 aromatic carbocycles. The highest BCUT2D eigenvalue weighted by atomic mass is 16.5. The molecular weight excluding hydrogens is 554 g/mol. The Morgan fingerprint density at radius 3 is 2.34 bits per heavy atom. The third kappa shape index (κ3) is 5.66. The SMILES string of the molecule is CCOC(=O)c1ccc(N=C2OC(=Cc3ccc4c(c3)c3ccccc3n4CC)C(=O)N2Cc2ccc(OCC)cc2)cc1. The standard InChI is InChI=1S/C36H33N3O5/c1-4-38-31-10-8-7-9-29(31)30-21-25(13-20-32(30)38)22-33-34(40)39(23-24-11-18-28(19-12-24)42-5-2)36(44-33)37-27-16-14-26(15-17-27)35(41)43-6-3/h7-22H,4-6,23H2,1-3H3. The molecule has 2 heterocycles. The molecule has 5 aromatic rings. The Morgan fingerprint density at radius 1 is 0.864 bits per heavy atom. The first-order chi connectivity index (χ1) is 21.5. The van der Waals surface area contributed by atoms with E-state index in [2.05, 4.69) is 40.7 Å². The molecule has 0 atom stereocenters. The molecule has 0 bridgehead atoms. The van der Waals surface area contributed by atoms with Crippen molar-refractivity contribution in [2.45, 2.75) is 33.9 Å². The van der Waals surface area contributed by atoms with Gasteiger partial charge in [0.15, 0.2) is 5.76 Å². The quantitative estimate of drug-likeness (QED) is 0.132. The Labute approximate surface area is 255 Å². The zero-order valence-corrected chi connectivity index (χ0v) is 24.9. The van der Waals surface area contributed by atoms with Crippen LogP contribution in [0.2, 0.25) is 0 Å². The van der Waals surface area contributed by atoms with Crippen molar-refractivity contribution in [2.24, 2.45) is 4.99 Å². The number of aliphatic imine (C=N–C) groups is 1. The van der Waals surface area contributed by atoms with Crippen molar-refractivity contribution in [2.75, 3.05) is 13.2 Å². The number of ether oxygens (including phenoxy) is 3. The molecule has 0 radical (unpaired) electrons. The Kier molecular flexibility index (Phi) is 8.14. The maximum absolute atomic E-state index is 13.8. The highest BCUT2D eigenvalue weighted by molar-refractivity contribution is 6.12. The van der Waals surface area contributed by atoms with Gasteiger partial charge in [-0.2, -0.15) is 4.99 Å². The van der Waals surface area contributed by atoms with Crippen molar-refractivity contribution in [3.05, 3.63) is 113 Å². The second kappa shape index (κ2) is 12.5. The molecule has 1 saturated heterocycles. The van der Waals surface area contributed by atoms with Crippen LogP contribution in [0.5, 0.6) is 5.75 Å². The van der Waals surface area contributed by atoms with Gasteiger partial charge in [0.05, 0.1) is 31.0 Å². The van der Waals surface area contributed by atoms with Crippen molar-refractivity contribution in [1.29, 1.82) is 0 Å². The normalized spacial score (nSPS) is 15.0. The maximum atomic E-state index is 13.8. The number of carbonyl (C=O) groups is 2. The second-order valence-corrected chi connectivity index (χ2v) is 10.3. The molecule has 0 spiro atoms. The summed E-state index contributed by atoms with van der Waals surface area (Å²) in [6.45, 7) is 7.81. The summed E-state index contributed by atoms with van der Waals surface area (Å²) in [6.07, 6.45) is 1.76. The first-order valence-electron chi connectivity index (χ1n) is 14.8. The number of para-hydroxylation sites is 1. The van der Waals surface area contributed by atoms with E-state index in [9.17, 15) is 9.59 Å². The number of nitrogens with zero attached hydrogens (tertiary/aromatic N) is 3. The van der Waals surface area contributed by atoms with E-state index in [0.29, 0.717) is 24.5 Å². The van der Waals surface area contributed by atoms with E-state index < -0.39 is 5.97 Å². The zero-order valence-electron chi connectivity index (χ0n) is 24.9. The fourth-order valence-electron chi connectivity index (χ4n) is 5.42. The summed E-state index contributed by atoms with van der Waals surface area (Å²) in [7, 11) is 0. The van der Waals surface area contributed by atoms with Crippen molar-refractivity contribution in [3.63, 3.8) is 0 Å². The Balaban J connectivity index is 1.35. The molecule has 1 aliphatic rings. The van der Waals surface area contributed by atoms with Crippen LogP contribution in [0.3, 0.4) is 0 Å². The van der Waals surface area contributed by atoms with Gasteiger partial charge in [0, 0.05) is 28.4 Å². The van der Waals surface area contributed by atoms with E-state index in [1.165, 1.54) is 10.4 Å². The molecule has 1 fully saturated rings. The summed E-state index contributed by atoms with van der Waals surface area (Å²) in [6, 6.07) is 28.9. The third-order valence-electron chi connectivity index (χ3n) is 7.48. The molecule has 1 aliphatic heterocycles. The summed E-state index contributed by atoms with van der Waals surface area (Å²) >= 11 is 0. The fraction of sp³-hybridized carbons (Fsp3) is 0.194. The Bertz CT molecular complexity index is 1900. The van der Waals surface area contributed by atoms with Crippen LogP contribution in [0, 0.1) is 0 Å². The van der Waals surface area contributed by atoms with E-state index in [4.69, 9.17) is 14.2 Å². The maximum Gasteiger partial charge on any atom is 0.338 e. The number of benzene rings is 4. The number of amidine groups is 1. The van der Waals surface area contributed by atoms with Gasteiger partial charge in [-0.1, -0.05) is 36.4 Å². The molecule has 8 heteroatoms. The molecule has 8 nitrogen and oxygen atoms in total. The van der Waals surface area contributed by atoms with Gasteiger partial charge in [0.2, 0.25) is 0 Å². The van der Waals surface area contributed by atoms with Gasteiger partial charge in [-0.3, -0.25) is 9.69 Å². The van der Waals surface area contributed by atoms with E-state index in [0.717, 1.165) is 39.7 Å². The highest BCUT2D eigenvalue weighted by Gasteiger charge is 2.35. The molecule has 44 heavy (non-hydrogen) atoms. The lowest BCUT2D eigenvalue weighted by molar-refractivity contribution is -0.123. The van der Waals surface area contributed by atoms with Gasteiger partial charge in [0.1, 0.15) is 5.75 Å². The lowest BCUT2D eigenvalue weighted by atomic mass is 10.1. The molecule has 0 aliphatic carbocycles. The second-order valence-electron chi connectivity index (χ2n) is 10.3. The van der Waals surface area contributed by atoms with Crippen LogP contribution in [0.1, 0.15) is 42.3 Å². The number of aryl methyl sites for hydroxylation is 1. The first-order valence-corrected chi connectivity index (χ1v) is 14.8. The van der Waals surface area contributed by atoms with Crippen LogP contribution in [0.15, 0.2) is 102 Å². The van der Waals surface area contributed by atoms with Gasteiger partial charge in [-0.05, 0) is 92.6 Å². The van der Waals surface area contributed by atoms with Gasteiger partial charge < -0.3 is 18.8 Å². The first kappa shape index (κ1) is 28.7. The smallest absolute Gasteiger partial charge is 0.338 e. The van der Waals surface area contributed by atoms with E-state index in [1.54, 1.807) is 37.3 Å². The van der Waals surface area contributed by atoms with Crippen molar-refractivity contribution in [3.8, 4) is 5.75 Å². The van der Waals surface area contributed by atoms with Crippen LogP contribution in [-0.4, -0.2) is 40.6 Å².